The minimum atomic E-state index is -3.76. The van der Waals surface area contributed by atoms with Crippen LogP contribution in [0.25, 0.3) is 0 Å². The SMILES string of the molecule is O=C(CS(=O)(=O)c1ncn[nH]1)N(C1CCCCC1)C1CCCCC1. The zero-order valence-corrected chi connectivity index (χ0v) is 14.8. The van der Waals surface area contributed by atoms with Crippen molar-refractivity contribution in [3.63, 3.8) is 0 Å². The van der Waals surface area contributed by atoms with E-state index in [0.717, 1.165) is 57.7 Å². The second kappa shape index (κ2) is 7.63. The van der Waals surface area contributed by atoms with Gasteiger partial charge in [-0.3, -0.25) is 9.89 Å². The van der Waals surface area contributed by atoms with Crippen molar-refractivity contribution in [2.45, 2.75) is 81.4 Å². The first-order valence-corrected chi connectivity index (χ1v) is 10.6. The summed E-state index contributed by atoms with van der Waals surface area (Å²) in [5.74, 6) is -0.792. The predicted molar refractivity (Wildman–Crippen MR) is 89.0 cm³/mol. The number of amides is 1. The second-order valence-corrected chi connectivity index (χ2v) is 8.84. The molecule has 1 amide bonds. The number of hydrogen-bond donors (Lipinski definition) is 1. The number of carbonyl (C=O) groups excluding carboxylic acids is 1. The van der Waals surface area contributed by atoms with E-state index in [1.165, 1.54) is 12.8 Å². The molecule has 24 heavy (non-hydrogen) atoms. The third-order valence-electron chi connectivity index (χ3n) is 5.23. The molecule has 1 aromatic rings. The number of carbonyl (C=O) groups is 1. The summed E-state index contributed by atoms with van der Waals surface area (Å²) in [4.78, 5) is 18.6. The van der Waals surface area contributed by atoms with E-state index in [9.17, 15) is 13.2 Å². The van der Waals surface area contributed by atoms with Crippen LogP contribution < -0.4 is 0 Å². The highest BCUT2D eigenvalue weighted by atomic mass is 32.2. The van der Waals surface area contributed by atoms with Crippen molar-refractivity contribution < 1.29 is 13.2 Å². The molecule has 0 aromatic carbocycles. The number of nitrogens with one attached hydrogen (secondary N) is 1. The number of hydrogen-bond acceptors (Lipinski definition) is 5. The van der Waals surface area contributed by atoms with E-state index >= 15 is 0 Å². The molecule has 2 aliphatic rings. The zero-order valence-electron chi connectivity index (χ0n) is 14.0. The summed E-state index contributed by atoms with van der Waals surface area (Å²) in [6.07, 6.45) is 12.0. The average Bonchev–Trinajstić information content (AvgIpc) is 3.12. The Bertz CT molecular complexity index is 614. The predicted octanol–water partition coefficient (Wildman–Crippen LogP) is 2.07. The van der Waals surface area contributed by atoms with Gasteiger partial charge >= 0.3 is 0 Å². The highest BCUT2D eigenvalue weighted by Crippen LogP contribution is 2.30. The molecule has 2 fully saturated rings. The lowest BCUT2D eigenvalue weighted by molar-refractivity contribution is -0.135. The monoisotopic (exact) mass is 354 g/mol. The van der Waals surface area contributed by atoms with Crippen LogP contribution in [0.4, 0.5) is 0 Å². The molecule has 1 N–H and O–H groups in total. The minimum absolute atomic E-state index is 0.194. The molecular weight excluding hydrogens is 328 g/mol. The van der Waals surface area contributed by atoms with Crippen molar-refractivity contribution in [2.75, 3.05) is 5.75 Å². The zero-order chi connectivity index (χ0) is 17.0. The van der Waals surface area contributed by atoms with E-state index in [0.29, 0.717) is 0 Å². The lowest BCUT2D eigenvalue weighted by Crippen LogP contribution is -2.50. The van der Waals surface area contributed by atoms with Gasteiger partial charge in [-0.15, -0.1) is 0 Å². The molecule has 134 valence electrons. The molecule has 0 radical (unpaired) electrons. The lowest BCUT2D eigenvalue weighted by atomic mass is 9.88. The van der Waals surface area contributed by atoms with E-state index in [2.05, 4.69) is 15.2 Å². The number of aromatic nitrogens is 3. The molecule has 8 heteroatoms. The van der Waals surface area contributed by atoms with Gasteiger partial charge in [-0.2, -0.15) is 5.10 Å². The van der Waals surface area contributed by atoms with Gasteiger partial charge in [-0.1, -0.05) is 38.5 Å². The van der Waals surface area contributed by atoms with Gasteiger partial charge in [0.2, 0.25) is 20.9 Å². The van der Waals surface area contributed by atoms with Gasteiger partial charge in [0.25, 0.3) is 0 Å². The van der Waals surface area contributed by atoms with E-state index in [-0.39, 0.29) is 23.1 Å². The van der Waals surface area contributed by atoms with Crippen LogP contribution in [0.5, 0.6) is 0 Å². The highest BCUT2D eigenvalue weighted by Gasteiger charge is 2.35. The van der Waals surface area contributed by atoms with Crippen LogP contribution in [-0.2, 0) is 14.6 Å². The summed E-state index contributed by atoms with van der Waals surface area (Å²) >= 11 is 0. The largest absolute Gasteiger partial charge is 0.336 e. The standard InChI is InChI=1S/C16H26N4O3S/c21-15(11-24(22,23)16-17-12-18-19-16)20(13-7-3-1-4-8-13)14-9-5-2-6-10-14/h12-14H,1-11H2,(H,17,18,19). The summed E-state index contributed by atoms with van der Waals surface area (Å²) in [5.41, 5.74) is 0. The Morgan fingerprint density at radius 3 is 2.04 bits per heavy atom. The first-order chi connectivity index (χ1) is 11.6. The molecule has 0 saturated heterocycles. The maximum atomic E-state index is 12.9. The number of aromatic amines is 1. The highest BCUT2D eigenvalue weighted by molar-refractivity contribution is 7.91. The molecule has 1 heterocycles. The molecule has 3 rings (SSSR count). The maximum absolute atomic E-state index is 12.9. The van der Waals surface area contributed by atoms with Crippen molar-refractivity contribution >= 4 is 15.7 Å². The van der Waals surface area contributed by atoms with Crippen molar-refractivity contribution in [1.82, 2.24) is 20.1 Å². The van der Waals surface area contributed by atoms with Crippen molar-refractivity contribution in [3.05, 3.63) is 6.33 Å². The Morgan fingerprint density at radius 2 is 1.58 bits per heavy atom. The fourth-order valence-electron chi connectivity index (χ4n) is 4.07. The quantitative estimate of drug-likeness (QED) is 0.873. The Kier molecular flexibility index (Phi) is 5.53. The van der Waals surface area contributed by atoms with Crippen LogP contribution in [0.15, 0.2) is 11.5 Å². The van der Waals surface area contributed by atoms with Crippen LogP contribution in [-0.4, -0.2) is 52.2 Å². The number of rotatable bonds is 5. The van der Waals surface area contributed by atoms with E-state index in [1.807, 2.05) is 4.90 Å². The third kappa shape index (κ3) is 3.96. The second-order valence-electron chi connectivity index (χ2n) is 6.93. The molecular formula is C16H26N4O3S. The molecule has 0 aliphatic heterocycles. The number of sulfone groups is 1. The van der Waals surface area contributed by atoms with Gasteiger partial charge in [-0.05, 0) is 25.7 Å². The normalized spacial score (nSPS) is 20.8. The summed E-state index contributed by atoms with van der Waals surface area (Å²) in [5, 5.41) is 5.72. The maximum Gasteiger partial charge on any atom is 0.243 e. The molecule has 7 nitrogen and oxygen atoms in total. The van der Waals surface area contributed by atoms with Gasteiger partial charge in [-0.25, -0.2) is 13.4 Å². The number of H-pyrrole nitrogens is 1. The molecule has 2 aliphatic carbocycles. The van der Waals surface area contributed by atoms with Crippen molar-refractivity contribution in [1.29, 1.82) is 0 Å². The van der Waals surface area contributed by atoms with Crippen LogP contribution >= 0.6 is 0 Å². The lowest BCUT2D eigenvalue weighted by Gasteiger charge is -2.41. The summed E-state index contributed by atoms with van der Waals surface area (Å²) in [6, 6.07) is 0.388. The van der Waals surface area contributed by atoms with E-state index in [4.69, 9.17) is 0 Å². The van der Waals surface area contributed by atoms with Crippen LogP contribution in [0.3, 0.4) is 0 Å². The molecule has 0 atom stereocenters. The number of nitrogens with zero attached hydrogens (tertiary/aromatic N) is 3. The Morgan fingerprint density at radius 1 is 1.04 bits per heavy atom. The molecule has 0 unspecified atom stereocenters. The first-order valence-electron chi connectivity index (χ1n) is 8.97. The summed E-state index contributed by atoms with van der Waals surface area (Å²) < 4.78 is 24.8. The van der Waals surface area contributed by atoms with Gasteiger partial charge in [0.15, 0.2) is 0 Å². The molecule has 0 bridgehead atoms. The smallest absolute Gasteiger partial charge is 0.243 e. The van der Waals surface area contributed by atoms with Gasteiger partial charge in [0, 0.05) is 12.1 Å². The Balaban J connectivity index is 1.77. The summed E-state index contributed by atoms with van der Waals surface area (Å²) in [6.45, 7) is 0. The fourth-order valence-corrected chi connectivity index (χ4v) is 5.08. The van der Waals surface area contributed by atoms with E-state index in [1.54, 1.807) is 0 Å². The first kappa shape index (κ1) is 17.4. The van der Waals surface area contributed by atoms with Crippen molar-refractivity contribution in [2.24, 2.45) is 0 Å². The molecule has 0 spiro atoms. The summed E-state index contributed by atoms with van der Waals surface area (Å²) in [7, 11) is -3.76. The Labute approximate surface area is 143 Å². The van der Waals surface area contributed by atoms with Crippen LogP contribution in [0, 0.1) is 0 Å². The van der Waals surface area contributed by atoms with Crippen LogP contribution in [0.2, 0.25) is 0 Å². The average molecular weight is 354 g/mol. The van der Waals surface area contributed by atoms with Crippen molar-refractivity contribution in [3.8, 4) is 0 Å². The Hall–Kier alpha value is -1.44. The van der Waals surface area contributed by atoms with Gasteiger partial charge in [0.1, 0.15) is 12.1 Å². The minimum Gasteiger partial charge on any atom is -0.336 e. The van der Waals surface area contributed by atoms with Crippen LogP contribution in [0.1, 0.15) is 64.2 Å². The fraction of sp³-hybridized carbons (Fsp3) is 0.812. The van der Waals surface area contributed by atoms with Gasteiger partial charge < -0.3 is 4.90 Å². The third-order valence-corrected chi connectivity index (χ3v) is 6.64. The molecule has 2 saturated carbocycles. The van der Waals surface area contributed by atoms with Gasteiger partial charge in [0.05, 0.1) is 0 Å². The topological polar surface area (TPSA) is 96.0 Å². The van der Waals surface area contributed by atoms with E-state index < -0.39 is 15.6 Å². The molecule has 1 aromatic heterocycles.